The molecule has 0 unspecified atom stereocenters. The number of ether oxygens (including phenoxy) is 1. The van der Waals surface area contributed by atoms with Gasteiger partial charge < -0.3 is 4.74 Å². The Morgan fingerprint density at radius 1 is 1.71 bits per heavy atom. The molecule has 4 nitrogen and oxygen atoms in total. The highest BCUT2D eigenvalue weighted by Crippen LogP contribution is 2.13. The van der Waals surface area contributed by atoms with Crippen LogP contribution in [0, 0.1) is 3.70 Å². The van der Waals surface area contributed by atoms with E-state index in [1.165, 1.54) is 7.11 Å². The number of carbonyl (C=O) groups is 1. The van der Waals surface area contributed by atoms with Gasteiger partial charge in [-0.1, -0.05) is 0 Å². The van der Waals surface area contributed by atoms with Gasteiger partial charge in [0, 0.05) is 19.2 Å². The predicted molar refractivity (Wildman–Crippen MR) is 61.5 cm³/mol. The first-order chi connectivity index (χ1) is 6.56. The standard InChI is InChI=1S/C9H13IN2O2/c1-6(2)12-7(4-9(10)11-12)8(13)5-14-3/h4,6H,5H2,1-3H3. The fourth-order valence-corrected chi connectivity index (χ4v) is 1.70. The van der Waals surface area contributed by atoms with Crippen molar-refractivity contribution in [3.63, 3.8) is 0 Å². The van der Waals surface area contributed by atoms with Crippen molar-refractivity contribution >= 4 is 28.4 Å². The topological polar surface area (TPSA) is 44.1 Å². The molecule has 1 rings (SSSR count). The van der Waals surface area contributed by atoms with E-state index in [1.54, 1.807) is 10.7 Å². The van der Waals surface area contributed by atoms with Gasteiger partial charge in [-0.05, 0) is 36.4 Å². The highest BCUT2D eigenvalue weighted by atomic mass is 127. The molecule has 0 bridgehead atoms. The summed E-state index contributed by atoms with van der Waals surface area (Å²) >= 11 is 2.10. The second-order valence-corrected chi connectivity index (χ2v) is 4.35. The summed E-state index contributed by atoms with van der Waals surface area (Å²) in [6.45, 7) is 4.09. The van der Waals surface area contributed by atoms with Gasteiger partial charge in [0.2, 0.25) is 5.78 Å². The molecule has 0 atom stereocenters. The Hall–Kier alpha value is -0.430. The lowest BCUT2D eigenvalue weighted by molar-refractivity contribution is 0.0835. The van der Waals surface area contributed by atoms with Crippen molar-refractivity contribution in [3.05, 3.63) is 15.5 Å². The number of Topliss-reactive ketones (excluding diaryl/α,β-unsaturated/α-hetero) is 1. The molecule has 0 N–H and O–H groups in total. The van der Waals surface area contributed by atoms with Crippen LogP contribution >= 0.6 is 22.6 Å². The molecule has 0 amide bonds. The zero-order valence-electron chi connectivity index (χ0n) is 8.45. The summed E-state index contributed by atoms with van der Waals surface area (Å²) in [6, 6.07) is 1.97. The summed E-state index contributed by atoms with van der Waals surface area (Å²) in [5, 5.41) is 4.24. The average Bonchev–Trinajstić information content (AvgIpc) is 2.48. The van der Waals surface area contributed by atoms with Crippen molar-refractivity contribution in [1.29, 1.82) is 0 Å². The highest BCUT2D eigenvalue weighted by molar-refractivity contribution is 14.1. The molecular formula is C9H13IN2O2. The second-order valence-electron chi connectivity index (χ2n) is 3.25. The van der Waals surface area contributed by atoms with E-state index in [-0.39, 0.29) is 18.4 Å². The van der Waals surface area contributed by atoms with Gasteiger partial charge in [0.05, 0.1) is 0 Å². The number of rotatable bonds is 4. The van der Waals surface area contributed by atoms with Gasteiger partial charge in [0.1, 0.15) is 16.0 Å². The minimum Gasteiger partial charge on any atom is -0.376 e. The maximum atomic E-state index is 11.6. The Morgan fingerprint density at radius 2 is 2.36 bits per heavy atom. The third kappa shape index (κ3) is 2.54. The van der Waals surface area contributed by atoms with E-state index in [2.05, 4.69) is 27.7 Å². The molecule has 0 aliphatic rings. The van der Waals surface area contributed by atoms with Gasteiger partial charge in [0.25, 0.3) is 0 Å². The normalized spacial score (nSPS) is 10.9. The number of hydrogen-bond acceptors (Lipinski definition) is 3. The molecule has 0 radical (unpaired) electrons. The van der Waals surface area contributed by atoms with Crippen molar-refractivity contribution in [3.8, 4) is 0 Å². The molecule has 1 aromatic rings. The van der Waals surface area contributed by atoms with Crippen LogP contribution in [0.15, 0.2) is 6.07 Å². The summed E-state index contributed by atoms with van der Waals surface area (Å²) in [7, 11) is 1.51. The lowest BCUT2D eigenvalue weighted by Crippen LogP contribution is -2.15. The molecule has 0 fully saturated rings. The molecule has 1 aromatic heterocycles. The second kappa shape index (κ2) is 4.88. The minimum atomic E-state index is -0.0309. The van der Waals surface area contributed by atoms with Gasteiger partial charge in [0.15, 0.2) is 0 Å². The molecule has 0 saturated heterocycles. The quantitative estimate of drug-likeness (QED) is 0.630. The van der Waals surface area contributed by atoms with Crippen molar-refractivity contribution in [2.24, 2.45) is 0 Å². The van der Waals surface area contributed by atoms with Crippen molar-refractivity contribution in [2.75, 3.05) is 13.7 Å². The zero-order valence-corrected chi connectivity index (χ0v) is 10.6. The van der Waals surface area contributed by atoms with E-state index >= 15 is 0 Å². The van der Waals surface area contributed by atoms with Crippen LogP contribution in [0.2, 0.25) is 0 Å². The number of hydrogen-bond donors (Lipinski definition) is 0. The van der Waals surface area contributed by atoms with Crippen LogP contribution in [-0.4, -0.2) is 29.3 Å². The fraction of sp³-hybridized carbons (Fsp3) is 0.556. The maximum absolute atomic E-state index is 11.6. The molecule has 5 heteroatoms. The van der Waals surface area contributed by atoms with Crippen LogP contribution in [-0.2, 0) is 4.74 Å². The van der Waals surface area contributed by atoms with E-state index in [0.717, 1.165) is 3.70 Å². The summed E-state index contributed by atoms with van der Waals surface area (Å²) < 4.78 is 7.36. The third-order valence-electron chi connectivity index (χ3n) is 1.76. The Kier molecular flexibility index (Phi) is 4.06. The molecule has 1 heterocycles. The Labute approximate surface area is 96.8 Å². The molecule has 0 saturated carbocycles. The van der Waals surface area contributed by atoms with Gasteiger partial charge >= 0.3 is 0 Å². The van der Waals surface area contributed by atoms with Gasteiger partial charge in [-0.25, -0.2) is 0 Å². The first kappa shape index (κ1) is 11.6. The van der Waals surface area contributed by atoms with E-state index in [1.807, 2.05) is 13.8 Å². The van der Waals surface area contributed by atoms with Crippen LogP contribution in [0.4, 0.5) is 0 Å². The Bertz CT molecular complexity index is 334. The van der Waals surface area contributed by atoms with E-state index in [9.17, 15) is 4.79 Å². The molecule has 0 spiro atoms. The SMILES string of the molecule is COCC(=O)c1cc(I)nn1C(C)C. The summed E-state index contributed by atoms with van der Waals surface area (Å²) in [4.78, 5) is 11.6. The van der Waals surface area contributed by atoms with Crippen LogP contribution < -0.4 is 0 Å². The molecule has 0 aliphatic carbocycles. The largest absolute Gasteiger partial charge is 0.376 e. The van der Waals surface area contributed by atoms with Crippen molar-refractivity contribution in [2.45, 2.75) is 19.9 Å². The molecule has 0 aromatic carbocycles. The van der Waals surface area contributed by atoms with Gasteiger partial charge in [-0.15, -0.1) is 0 Å². The number of nitrogens with zero attached hydrogens (tertiary/aromatic N) is 2. The van der Waals surface area contributed by atoms with Crippen LogP contribution in [0.1, 0.15) is 30.4 Å². The van der Waals surface area contributed by atoms with Crippen LogP contribution in [0.3, 0.4) is 0 Å². The number of carbonyl (C=O) groups excluding carboxylic acids is 1. The predicted octanol–water partition coefficient (Wildman–Crippen LogP) is 1.90. The molecule has 14 heavy (non-hydrogen) atoms. The van der Waals surface area contributed by atoms with Crippen molar-refractivity contribution in [1.82, 2.24) is 9.78 Å². The number of aromatic nitrogens is 2. The monoisotopic (exact) mass is 308 g/mol. The van der Waals surface area contributed by atoms with Crippen LogP contribution in [0.5, 0.6) is 0 Å². The van der Waals surface area contributed by atoms with E-state index in [0.29, 0.717) is 5.69 Å². The molecule has 0 aliphatic heterocycles. The minimum absolute atomic E-state index is 0.0309. The molecular weight excluding hydrogens is 295 g/mol. The summed E-state index contributed by atoms with van der Waals surface area (Å²) in [5.74, 6) is -0.0309. The number of methoxy groups -OCH3 is 1. The first-order valence-electron chi connectivity index (χ1n) is 4.33. The lowest BCUT2D eigenvalue weighted by atomic mass is 10.3. The van der Waals surface area contributed by atoms with Crippen molar-refractivity contribution < 1.29 is 9.53 Å². The first-order valence-corrected chi connectivity index (χ1v) is 5.41. The Balaban J connectivity index is 3.00. The van der Waals surface area contributed by atoms with E-state index < -0.39 is 0 Å². The summed E-state index contributed by atoms with van der Waals surface area (Å²) in [6.07, 6.45) is 0. The summed E-state index contributed by atoms with van der Waals surface area (Å²) in [5.41, 5.74) is 0.617. The number of halogens is 1. The third-order valence-corrected chi connectivity index (χ3v) is 2.28. The van der Waals surface area contributed by atoms with Gasteiger partial charge in [-0.2, -0.15) is 5.10 Å². The smallest absolute Gasteiger partial charge is 0.206 e. The van der Waals surface area contributed by atoms with E-state index in [4.69, 9.17) is 4.74 Å². The Morgan fingerprint density at radius 3 is 2.86 bits per heavy atom. The van der Waals surface area contributed by atoms with Crippen LogP contribution in [0.25, 0.3) is 0 Å². The average molecular weight is 308 g/mol. The zero-order chi connectivity index (χ0) is 10.7. The lowest BCUT2D eigenvalue weighted by Gasteiger charge is -2.09. The highest BCUT2D eigenvalue weighted by Gasteiger charge is 2.15. The maximum Gasteiger partial charge on any atom is 0.206 e. The fourth-order valence-electron chi connectivity index (χ4n) is 1.17. The molecule has 78 valence electrons. The van der Waals surface area contributed by atoms with Gasteiger partial charge in [-0.3, -0.25) is 9.48 Å². The number of ketones is 1.